The van der Waals surface area contributed by atoms with Gasteiger partial charge in [-0.1, -0.05) is 18.2 Å². The Morgan fingerprint density at radius 2 is 2.13 bits per heavy atom. The zero-order valence-electron chi connectivity index (χ0n) is 8.47. The smallest absolute Gasteiger partial charge is 0.217 e. The van der Waals surface area contributed by atoms with Gasteiger partial charge >= 0.3 is 0 Å². The van der Waals surface area contributed by atoms with E-state index in [-0.39, 0.29) is 5.91 Å². The third kappa shape index (κ3) is 4.65. The predicted octanol–water partition coefficient (Wildman–Crippen LogP) is 1.48. The molecule has 0 saturated carbocycles. The fourth-order valence-corrected chi connectivity index (χ4v) is 1.96. The lowest BCUT2D eigenvalue weighted by Crippen LogP contribution is -2.36. The number of carbonyl (C=O) groups is 2. The highest BCUT2D eigenvalue weighted by molar-refractivity contribution is 7.99. The maximum atomic E-state index is 10.7. The second-order valence-corrected chi connectivity index (χ2v) is 4.16. The molecule has 0 aliphatic heterocycles. The summed E-state index contributed by atoms with van der Waals surface area (Å²) in [6.45, 7) is 1.41. The van der Waals surface area contributed by atoms with E-state index in [2.05, 4.69) is 5.32 Å². The van der Waals surface area contributed by atoms with Gasteiger partial charge < -0.3 is 10.1 Å². The van der Waals surface area contributed by atoms with E-state index in [1.165, 1.54) is 6.92 Å². The van der Waals surface area contributed by atoms with Crippen LogP contribution in [0.5, 0.6) is 0 Å². The fourth-order valence-electron chi connectivity index (χ4n) is 1.08. The second-order valence-electron chi connectivity index (χ2n) is 3.07. The fraction of sp³-hybridized carbons (Fsp3) is 0.273. The first kappa shape index (κ1) is 11.8. The van der Waals surface area contributed by atoms with E-state index in [9.17, 15) is 9.59 Å². The highest BCUT2D eigenvalue weighted by atomic mass is 32.2. The van der Waals surface area contributed by atoms with Gasteiger partial charge in [0.1, 0.15) is 6.29 Å². The summed E-state index contributed by atoms with van der Waals surface area (Å²) in [5.74, 6) is 0.383. The minimum Gasteiger partial charge on any atom is -0.346 e. The standard InChI is InChI=1S/C11H13NO2S/c1-9(14)12-10(7-13)8-15-11-5-3-2-4-6-11/h2-7,10H,8H2,1H3,(H,12,14). The predicted molar refractivity (Wildman–Crippen MR) is 60.8 cm³/mol. The molecule has 3 nitrogen and oxygen atoms in total. The molecule has 1 aromatic rings. The van der Waals surface area contributed by atoms with Gasteiger partial charge in [-0.2, -0.15) is 0 Å². The van der Waals surface area contributed by atoms with E-state index in [1.807, 2.05) is 30.3 Å². The third-order valence-electron chi connectivity index (χ3n) is 1.73. The summed E-state index contributed by atoms with van der Waals surface area (Å²) < 4.78 is 0. The third-order valence-corrected chi connectivity index (χ3v) is 2.86. The number of aldehydes is 1. The van der Waals surface area contributed by atoms with E-state index in [1.54, 1.807) is 11.8 Å². The zero-order valence-corrected chi connectivity index (χ0v) is 9.29. The number of rotatable bonds is 5. The molecule has 1 N–H and O–H groups in total. The Balaban J connectivity index is 2.41. The first-order chi connectivity index (χ1) is 7.22. The normalized spacial score (nSPS) is 11.8. The van der Waals surface area contributed by atoms with E-state index >= 15 is 0 Å². The lowest BCUT2D eigenvalue weighted by molar-refractivity contribution is -0.121. The number of benzene rings is 1. The van der Waals surface area contributed by atoms with E-state index in [4.69, 9.17) is 0 Å². The molecule has 1 amide bonds. The van der Waals surface area contributed by atoms with Crippen LogP contribution in [0.4, 0.5) is 0 Å². The van der Waals surface area contributed by atoms with Gasteiger partial charge in [-0.25, -0.2) is 0 Å². The van der Waals surface area contributed by atoms with Crippen molar-refractivity contribution in [3.8, 4) is 0 Å². The van der Waals surface area contributed by atoms with Crippen LogP contribution in [0.15, 0.2) is 35.2 Å². The van der Waals surface area contributed by atoms with Crippen LogP contribution in [-0.2, 0) is 9.59 Å². The van der Waals surface area contributed by atoms with Crippen molar-refractivity contribution >= 4 is 24.0 Å². The Labute approximate surface area is 93.3 Å². The van der Waals surface area contributed by atoms with Crippen molar-refractivity contribution in [1.82, 2.24) is 5.32 Å². The molecule has 0 radical (unpaired) electrons. The minimum absolute atomic E-state index is 0.180. The molecular formula is C11H13NO2S. The molecule has 0 bridgehead atoms. The van der Waals surface area contributed by atoms with Crippen molar-refractivity contribution in [2.24, 2.45) is 0 Å². The van der Waals surface area contributed by atoms with Crippen molar-refractivity contribution < 1.29 is 9.59 Å². The van der Waals surface area contributed by atoms with Gasteiger partial charge in [0.05, 0.1) is 6.04 Å². The summed E-state index contributed by atoms with van der Waals surface area (Å²) in [6.07, 6.45) is 0.761. The van der Waals surface area contributed by atoms with Gasteiger partial charge in [0.2, 0.25) is 5.91 Å². The van der Waals surface area contributed by atoms with Crippen LogP contribution in [0.2, 0.25) is 0 Å². The van der Waals surface area contributed by atoms with Crippen molar-refractivity contribution in [2.75, 3.05) is 5.75 Å². The van der Waals surface area contributed by atoms with Gasteiger partial charge in [-0.15, -0.1) is 11.8 Å². The van der Waals surface area contributed by atoms with Crippen molar-refractivity contribution in [3.05, 3.63) is 30.3 Å². The van der Waals surface area contributed by atoms with Crippen LogP contribution >= 0.6 is 11.8 Å². The number of nitrogens with one attached hydrogen (secondary N) is 1. The molecule has 4 heteroatoms. The highest BCUT2D eigenvalue weighted by Crippen LogP contribution is 2.17. The Morgan fingerprint density at radius 3 is 2.67 bits per heavy atom. The van der Waals surface area contributed by atoms with E-state index < -0.39 is 6.04 Å². The zero-order chi connectivity index (χ0) is 11.1. The summed E-state index contributed by atoms with van der Waals surface area (Å²) in [4.78, 5) is 22.5. The number of thioether (sulfide) groups is 1. The van der Waals surface area contributed by atoms with Crippen LogP contribution in [-0.4, -0.2) is 24.0 Å². The number of carbonyl (C=O) groups excluding carboxylic acids is 2. The van der Waals surface area contributed by atoms with Crippen LogP contribution < -0.4 is 5.32 Å². The monoisotopic (exact) mass is 223 g/mol. The summed E-state index contributed by atoms with van der Waals surface area (Å²) in [5, 5.41) is 2.57. The summed E-state index contributed by atoms with van der Waals surface area (Å²) in [5.41, 5.74) is 0. The van der Waals surface area contributed by atoms with Crippen molar-refractivity contribution in [3.63, 3.8) is 0 Å². The molecule has 0 fully saturated rings. The molecule has 1 rings (SSSR count). The minimum atomic E-state index is -0.410. The first-order valence-corrected chi connectivity index (χ1v) is 5.61. The topological polar surface area (TPSA) is 46.2 Å². The average Bonchev–Trinajstić information content (AvgIpc) is 2.25. The Hall–Kier alpha value is -1.29. The van der Waals surface area contributed by atoms with Crippen LogP contribution in [0.25, 0.3) is 0 Å². The van der Waals surface area contributed by atoms with Crippen molar-refractivity contribution in [2.45, 2.75) is 17.9 Å². The highest BCUT2D eigenvalue weighted by Gasteiger charge is 2.08. The summed E-state index contributed by atoms with van der Waals surface area (Å²) >= 11 is 1.55. The maximum absolute atomic E-state index is 10.7. The molecule has 1 unspecified atom stereocenters. The molecule has 0 aromatic heterocycles. The van der Waals surface area contributed by atoms with Crippen LogP contribution in [0.1, 0.15) is 6.92 Å². The molecular weight excluding hydrogens is 210 g/mol. The molecule has 0 saturated heterocycles. The Morgan fingerprint density at radius 1 is 1.47 bits per heavy atom. The SMILES string of the molecule is CC(=O)NC(C=O)CSc1ccccc1. The van der Waals surface area contributed by atoms with Gasteiger partial charge in [-0.3, -0.25) is 4.79 Å². The quantitative estimate of drug-likeness (QED) is 0.607. The van der Waals surface area contributed by atoms with Gasteiger partial charge in [-0.05, 0) is 12.1 Å². The van der Waals surface area contributed by atoms with Gasteiger partial charge in [0.25, 0.3) is 0 Å². The molecule has 0 spiro atoms. The Bertz CT molecular complexity index is 327. The molecule has 80 valence electrons. The van der Waals surface area contributed by atoms with Crippen LogP contribution in [0.3, 0.4) is 0 Å². The van der Waals surface area contributed by atoms with Gasteiger partial charge in [0, 0.05) is 17.6 Å². The lowest BCUT2D eigenvalue weighted by Gasteiger charge is -2.10. The van der Waals surface area contributed by atoms with Crippen LogP contribution in [0, 0.1) is 0 Å². The largest absolute Gasteiger partial charge is 0.346 e. The number of hydrogen-bond donors (Lipinski definition) is 1. The summed E-state index contributed by atoms with van der Waals surface area (Å²) in [7, 11) is 0. The maximum Gasteiger partial charge on any atom is 0.217 e. The average molecular weight is 223 g/mol. The number of amides is 1. The van der Waals surface area contributed by atoms with E-state index in [0.29, 0.717) is 5.75 Å². The second kappa shape index (κ2) is 6.24. The van der Waals surface area contributed by atoms with Gasteiger partial charge in [0.15, 0.2) is 0 Å². The molecule has 15 heavy (non-hydrogen) atoms. The lowest BCUT2D eigenvalue weighted by atomic mass is 10.4. The molecule has 1 atom stereocenters. The summed E-state index contributed by atoms with van der Waals surface area (Å²) in [6, 6.07) is 9.36. The molecule has 0 aliphatic rings. The first-order valence-electron chi connectivity index (χ1n) is 4.62. The van der Waals surface area contributed by atoms with E-state index in [0.717, 1.165) is 11.2 Å². The molecule has 0 heterocycles. The number of hydrogen-bond acceptors (Lipinski definition) is 3. The molecule has 0 aliphatic carbocycles. The Kier molecular flexibility index (Phi) is 4.90. The molecule has 1 aromatic carbocycles. The van der Waals surface area contributed by atoms with Crippen molar-refractivity contribution in [1.29, 1.82) is 0 Å².